The smallest absolute Gasteiger partial charge is 0.151 e. The molecule has 0 rings (SSSR count). The molecule has 3 unspecified atom stereocenters. The summed E-state index contributed by atoms with van der Waals surface area (Å²) in [5.74, 6) is 0. The summed E-state index contributed by atoms with van der Waals surface area (Å²) < 4.78 is -0.348. The molecular weight excluding hydrogens is 543 g/mol. The van der Waals surface area contributed by atoms with Crippen molar-refractivity contribution in [1.29, 1.82) is 0 Å². The van der Waals surface area contributed by atoms with Gasteiger partial charge < -0.3 is 25.7 Å². The van der Waals surface area contributed by atoms with Crippen molar-refractivity contribution in [2.75, 3.05) is 13.6 Å². The predicted molar refractivity (Wildman–Crippen MR) is 152 cm³/mol. The topological polar surface area (TPSA) is 105 Å². The Morgan fingerprint density at radius 2 is 0.912 bits per heavy atom. The van der Waals surface area contributed by atoms with Gasteiger partial charge in [0, 0.05) is 6.04 Å². The zero-order chi connectivity index (χ0) is 25.3. The molecule has 0 fully saturated rings. The van der Waals surface area contributed by atoms with E-state index in [2.05, 4.69) is 10.6 Å². The lowest BCUT2D eigenvalue weighted by atomic mass is 10.0. The van der Waals surface area contributed by atoms with Crippen LogP contribution < -0.4 is 10.6 Å². The first-order chi connectivity index (χ1) is 16.5. The van der Waals surface area contributed by atoms with E-state index in [1.54, 1.807) is 0 Å². The Bertz CT molecular complexity index is 403. The fourth-order valence-corrected chi connectivity index (χ4v) is 5.14. The van der Waals surface area contributed by atoms with Crippen LogP contribution in [0.15, 0.2) is 0 Å². The molecule has 3 atom stereocenters. The van der Waals surface area contributed by atoms with Crippen molar-refractivity contribution < 1.29 is 20.4 Å². The molecule has 0 amide bonds. The van der Waals surface area contributed by atoms with Crippen molar-refractivity contribution in [1.82, 2.24) is 10.6 Å². The van der Waals surface area contributed by atoms with Gasteiger partial charge in [-0.2, -0.15) is 0 Å². The minimum atomic E-state index is -1.12. The maximum absolute atomic E-state index is 10.1. The van der Waals surface area contributed by atoms with Crippen molar-refractivity contribution in [3.63, 3.8) is 0 Å². The molecule has 0 aromatic rings. The molecule has 7 heteroatoms. The Hall–Kier alpha value is 0.490. The van der Waals surface area contributed by atoms with Gasteiger partial charge in [-0.3, -0.25) is 5.32 Å². The molecule has 0 bridgehead atoms. The van der Waals surface area contributed by atoms with Gasteiger partial charge in [0.2, 0.25) is 0 Å². The van der Waals surface area contributed by atoms with Crippen LogP contribution in [0.3, 0.4) is 0 Å². The lowest BCUT2D eigenvalue weighted by Crippen LogP contribution is -2.34. The molecule has 34 heavy (non-hydrogen) atoms. The first-order valence-electron chi connectivity index (χ1n) is 14.2. The molecule has 6 nitrogen and oxygen atoms in total. The number of nitrogens with one attached hydrogen (secondary N) is 2. The van der Waals surface area contributed by atoms with Crippen molar-refractivity contribution >= 4 is 22.6 Å². The van der Waals surface area contributed by atoms with Gasteiger partial charge in [0.1, 0.15) is 10.3 Å². The zero-order valence-electron chi connectivity index (χ0n) is 22.0. The fourth-order valence-electron chi connectivity index (χ4n) is 4.42. The molecular formula is C27H57IN2O4. The van der Waals surface area contributed by atoms with Crippen molar-refractivity contribution in [3.8, 4) is 0 Å². The van der Waals surface area contributed by atoms with E-state index < -0.39 is 6.29 Å². The van der Waals surface area contributed by atoms with E-state index in [-0.39, 0.29) is 16.4 Å². The normalized spacial score (nSPS) is 14.6. The molecule has 0 aromatic heterocycles. The highest BCUT2D eigenvalue weighted by atomic mass is 127. The second-order valence-electron chi connectivity index (χ2n) is 9.95. The lowest BCUT2D eigenvalue weighted by molar-refractivity contribution is -0.0466. The third-order valence-corrected chi connectivity index (χ3v) is 7.58. The maximum Gasteiger partial charge on any atom is 0.151 e. The van der Waals surface area contributed by atoms with Crippen LogP contribution in [-0.2, 0) is 0 Å². The second-order valence-corrected chi connectivity index (χ2v) is 11.2. The number of aliphatic hydroxyl groups is 4. The SMILES string of the molecule is CNC(CCCCNC(O)CCCCCCCCCCCCCCCCCCC(O)O)C(O)I. The highest BCUT2D eigenvalue weighted by Gasteiger charge is 2.12. The van der Waals surface area contributed by atoms with E-state index in [0.29, 0.717) is 6.42 Å². The van der Waals surface area contributed by atoms with E-state index >= 15 is 0 Å². The number of likely N-dealkylation sites (N-methyl/N-ethyl adjacent to an activating group) is 1. The van der Waals surface area contributed by atoms with Crippen molar-refractivity contribution in [2.45, 2.75) is 158 Å². The average Bonchev–Trinajstić information content (AvgIpc) is 2.80. The van der Waals surface area contributed by atoms with Crippen LogP contribution in [0.5, 0.6) is 0 Å². The molecule has 206 valence electrons. The number of unbranched alkanes of at least 4 members (excludes halogenated alkanes) is 16. The molecule has 0 aliphatic heterocycles. The molecule has 0 radical (unpaired) electrons. The number of halogens is 1. The number of rotatable bonds is 27. The second kappa shape index (κ2) is 26.6. The lowest BCUT2D eigenvalue weighted by Gasteiger charge is -2.18. The van der Waals surface area contributed by atoms with E-state index in [9.17, 15) is 10.2 Å². The summed E-state index contributed by atoms with van der Waals surface area (Å²) in [6, 6.07) is 0.151. The number of hydrogen-bond acceptors (Lipinski definition) is 6. The van der Waals surface area contributed by atoms with Gasteiger partial charge in [0.05, 0.1) is 0 Å². The summed E-state index contributed by atoms with van der Waals surface area (Å²) in [7, 11) is 1.89. The van der Waals surface area contributed by atoms with Crippen LogP contribution in [0.1, 0.15) is 135 Å². The molecule has 0 aliphatic rings. The molecule has 0 heterocycles. The Kier molecular flexibility index (Phi) is 26.9. The summed E-state index contributed by atoms with van der Waals surface area (Å²) >= 11 is 2.05. The van der Waals surface area contributed by atoms with E-state index in [4.69, 9.17) is 10.2 Å². The van der Waals surface area contributed by atoms with E-state index in [1.165, 1.54) is 83.5 Å². The van der Waals surface area contributed by atoms with Gasteiger partial charge in [-0.15, -0.1) is 0 Å². The van der Waals surface area contributed by atoms with Crippen molar-refractivity contribution in [3.05, 3.63) is 0 Å². The standard InChI is InChI=1S/C27H57IN2O4/c1-29-24(27(28)34)20-18-19-23-30-25(31)21-16-14-12-10-8-6-4-2-3-5-7-9-11-13-15-17-22-26(32)33/h24-27,29-34H,2-23H2,1H3. The molecule has 0 spiro atoms. The highest BCUT2D eigenvalue weighted by Crippen LogP contribution is 2.15. The van der Waals surface area contributed by atoms with Gasteiger partial charge in [0.15, 0.2) is 6.29 Å². The van der Waals surface area contributed by atoms with Gasteiger partial charge in [-0.1, -0.05) is 96.3 Å². The summed E-state index contributed by atoms with van der Waals surface area (Å²) in [5.41, 5.74) is 0. The minimum absolute atomic E-state index is 0.151. The van der Waals surface area contributed by atoms with Crippen LogP contribution in [0.25, 0.3) is 0 Å². The van der Waals surface area contributed by atoms with Crippen molar-refractivity contribution in [2.24, 2.45) is 0 Å². The summed E-state index contributed by atoms with van der Waals surface area (Å²) in [6.45, 7) is 0.839. The van der Waals surface area contributed by atoms with Crippen LogP contribution in [0.2, 0.25) is 0 Å². The quantitative estimate of drug-likeness (QED) is 0.0311. The van der Waals surface area contributed by atoms with Gasteiger partial charge in [-0.05, 0) is 74.7 Å². The monoisotopic (exact) mass is 600 g/mol. The minimum Gasteiger partial charge on any atom is -0.381 e. The first kappa shape index (κ1) is 34.5. The molecule has 0 aromatic carbocycles. The Morgan fingerprint density at radius 3 is 1.29 bits per heavy atom. The predicted octanol–water partition coefficient (Wildman–Crippen LogP) is 5.74. The average molecular weight is 601 g/mol. The third-order valence-electron chi connectivity index (χ3n) is 6.71. The first-order valence-corrected chi connectivity index (χ1v) is 15.5. The number of aliphatic hydroxyl groups excluding tert-OH is 3. The van der Waals surface area contributed by atoms with Gasteiger partial charge in [0.25, 0.3) is 0 Å². The van der Waals surface area contributed by atoms with Gasteiger partial charge >= 0.3 is 0 Å². The largest absolute Gasteiger partial charge is 0.381 e. The maximum atomic E-state index is 10.1. The number of hydrogen-bond donors (Lipinski definition) is 6. The zero-order valence-corrected chi connectivity index (χ0v) is 24.2. The van der Waals surface area contributed by atoms with Crippen LogP contribution in [0, 0.1) is 0 Å². The third kappa shape index (κ3) is 25.6. The van der Waals surface area contributed by atoms with Crippen LogP contribution in [-0.4, -0.2) is 56.7 Å². The summed E-state index contributed by atoms with van der Waals surface area (Å²) in [5, 5.41) is 43.6. The Balaban J connectivity index is 3.22. The number of alkyl halides is 1. The molecule has 0 aliphatic carbocycles. The van der Waals surface area contributed by atoms with Crippen LogP contribution in [0.4, 0.5) is 0 Å². The Morgan fingerprint density at radius 1 is 0.529 bits per heavy atom. The highest BCUT2D eigenvalue weighted by molar-refractivity contribution is 14.1. The summed E-state index contributed by atoms with van der Waals surface area (Å²) in [4.78, 5) is 0. The van der Waals surface area contributed by atoms with Gasteiger partial charge in [-0.25, -0.2) is 0 Å². The Labute approximate surface area is 224 Å². The molecule has 0 saturated heterocycles. The fraction of sp³-hybridized carbons (Fsp3) is 1.00. The van der Waals surface area contributed by atoms with E-state index in [0.717, 1.165) is 51.5 Å². The van der Waals surface area contributed by atoms with E-state index in [1.807, 2.05) is 29.6 Å². The molecule has 6 N–H and O–H groups in total. The molecule has 0 saturated carbocycles. The van der Waals surface area contributed by atoms with Crippen LogP contribution >= 0.6 is 22.6 Å². The summed E-state index contributed by atoms with van der Waals surface area (Å²) in [6.07, 6.45) is 23.3.